The maximum Gasteiger partial charge on any atom is 0.132 e. The van der Waals surface area contributed by atoms with Crippen LogP contribution in [0.3, 0.4) is 0 Å². The molecule has 1 rings (SSSR count). The van der Waals surface area contributed by atoms with E-state index in [0.29, 0.717) is 18.4 Å². The molecule has 3 heteroatoms. The molecule has 1 heterocycles. The van der Waals surface area contributed by atoms with Crippen LogP contribution in [0.15, 0.2) is 12.3 Å². The van der Waals surface area contributed by atoms with Crippen LogP contribution in [0.5, 0.6) is 0 Å². The van der Waals surface area contributed by atoms with Crippen LogP contribution in [-0.2, 0) is 0 Å². The van der Waals surface area contributed by atoms with Gasteiger partial charge in [-0.3, -0.25) is 0 Å². The van der Waals surface area contributed by atoms with Gasteiger partial charge in [0.1, 0.15) is 5.82 Å². The van der Waals surface area contributed by atoms with E-state index in [4.69, 9.17) is 5.73 Å². The van der Waals surface area contributed by atoms with Crippen LogP contribution in [0.1, 0.15) is 50.5 Å². The van der Waals surface area contributed by atoms with Crippen molar-refractivity contribution in [2.45, 2.75) is 39.0 Å². The summed E-state index contributed by atoms with van der Waals surface area (Å²) >= 11 is 0. The number of aromatic nitrogens is 2. The average molecular weight is 193 g/mol. The Labute approximate surface area is 85.8 Å². The van der Waals surface area contributed by atoms with Crippen LogP contribution in [0.2, 0.25) is 0 Å². The Kier molecular flexibility index (Phi) is 4.01. The van der Waals surface area contributed by atoms with E-state index >= 15 is 0 Å². The van der Waals surface area contributed by atoms with E-state index in [2.05, 4.69) is 30.7 Å². The minimum absolute atomic E-state index is 0.300. The zero-order chi connectivity index (χ0) is 10.6. The van der Waals surface area contributed by atoms with Crippen LogP contribution < -0.4 is 5.73 Å². The Balaban J connectivity index is 2.92. The van der Waals surface area contributed by atoms with Gasteiger partial charge < -0.3 is 5.73 Å². The van der Waals surface area contributed by atoms with Crippen LogP contribution in [0.25, 0.3) is 0 Å². The number of hydrogen-bond acceptors (Lipinski definition) is 3. The van der Waals surface area contributed by atoms with Crippen molar-refractivity contribution in [3.05, 3.63) is 23.8 Å². The molecule has 1 aromatic rings. The molecular weight excluding hydrogens is 174 g/mol. The predicted octanol–water partition coefficient (Wildman–Crippen LogP) is 2.05. The van der Waals surface area contributed by atoms with Gasteiger partial charge in [0.15, 0.2) is 0 Å². The Morgan fingerprint density at radius 2 is 2.14 bits per heavy atom. The van der Waals surface area contributed by atoms with E-state index in [9.17, 15) is 0 Å². The van der Waals surface area contributed by atoms with E-state index in [1.807, 2.05) is 12.3 Å². The third-order valence-corrected chi connectivity index (χ3v) is 2.43. The molecule has 0 aliphatic carbocycles. The first kappa shape index (κ1) is 11.1. The van der Waals surface area contributed by atoms with Crippen molar-refractivity contribution < 1.29 is 0 Å². The maximum atomic E-state index is 5.66. The molecule has 1 atom stereocenters. The minimum atomic E-state index is 0.300. The van der Waals surface area contributed by atoms with Crippen molar-refractivity contribution in [3.63, 3.8) is 0 Å². The van der Waals surface area contributed by atoms with E-state index in [1.165, 1.54) is 0 Å². The van der Waals surface area contributed by atoms with Crippen molar-refractivity contribution in [3.8, 4) is 0 Å². The monoisotopic (exact) mass is 193 g/mol. The summed E-state index contributed by atoms with van der Waals surface area (Å²) in [6.07, 6.45) is 2.83. The van der Waals surface area contributed by atoms with E-state index in [0.717, 1.165) is 17.9 Å². The van der Waals surface area contributed by atoms with Gasteiger partial charge in [0.05, 0.1) is 0 Å². The van der Waals surface area contributed by atoms with Gasteiger partial charge in [-0.2, -0.15) is 0 Å². The summed E-state index contributed by atoms with van der Waals surface area (Å²) in [6, 6.07) is 1.97. The van der Waals surface area contributed by atoms with Crippen LogP contribution >= 0.6 is 0 Å². The fourth-order valence-corrected chi connectivity index (χ4v) is 1.36. The summed E-state index contributed by atoms with van der Waals surface area (Å²) in [7, 11) is 0. The predicted molar refractivity (Wildman–Crippen MR) is 58.2 cm³/mol. The molecule has 0 bridgehead atoms. The summed E-state index contributed by atoms with van der Waals surface area (Å²) in [5, 5.41) is 0. The number of hydrogen-bond donors (Lipinski definition) is 1. The maximum absolute atomic E-state index is 5.66. The molecular formula is C11H19N3. The van der Waals surface area contributed by atoms with Gasteiger partial charge in [0, 0.05) is 24.4 Å². The van der Waals surface area contributed by atoms with Crippen LogP contribution in [-0.4, -0.2) is 16.5 Å². The van der Waals surface area contributed by atoms with Gasteiger partial charge in [0.25, 0.3) is 0 Å². The summed E-state index contributed by atoms with van der Waals surface area (Å²) in [5.41, 5.74) is 6.76. The molecule has 2 N–H and O–H groups in total. The molecule has 0 spiro atoms. The molecule has 0 saturated carbocycles. The Morgan fingerprint density at radius 3 is 2.64 bits per heavy atom. The molecule has 1 aromatic heterocycles. The molecule has 0 aliphatic heterocycles. The van der Waals surface area contributed by atoms with Gasteiger partial charge in [-0.15, -0.1) is 0 Å². The third kappa shape index (κ3) is 2.51. The molecule has 14 heavy (non-hydrogen) atoms. The lowest BCUT2D eigenvalue weighted by atomic mass is 10.1. The van der Waals surface area contributed by atoms with Crippen molar-refractivity contribution in [1.82, 2.24) is 9.97 Å². The summed E-state index contributed by atoms with van der Waals surface area (Å²) in [6.45, 7) is 7.01. The lowest BCUT2D eigenvalue weighted by Crippen LogP contribution is -2.15. The lowest BCUT2D eigenvalue weighted by Gasteiger charge is -2.12. The zero-order valence-corrected chi connectivity index (χ0v) is 9.20. The molecule has 0 aliphatic rings. The first-order valence-corrected chi connectivity index (χ1v) is 5.21. The first-order valence-electron chi connectivity index (χ1n) is 5.21. The lowest BCUT2D eigenvalue weighted by molar-refractivity contribution is 0.620. The normalized spacial score (nSPS) is 13.2. The van der Waals surface area contributed by atoms with Crippen molar-refractivity contribution in [1.29, 1.82) is 0 Å². The molecule has 0 radical (unpaired) electrons. The average Bonchev–Trinajstić information content (AvgIpc) is 2.20. The van der Waals surface area contributed by atoms with Crippen LogP contribution in [0, 0.1) is 0 Å². The second-order valence-corrected chi connectivity index (χ2v) is 3.84. The van der Waals surface area contributed by atoms with Crippen LogP contribution in [0.4, 0.5) is 0 Å². The molecule has 0 aromatic carbocycles. The zero-order valence-electron chi connectivity index (χ0n) is 9.20. The highest BCUT2D eigenvalue weighted by molar-refractivity contribution is 5.09. The third-order valence-electron chi connectivity index (χ3n) is 2.43. The largest absolute Gasteiger partial charge is 0.330 e. The fourth-order valence-electron chi connectivity index (χ4n) is 1.36. The fraction of sp³-hybridized carbons (Fsp3) is 0.636. The molecule has 78 valence electrons. The summed E-state index contributed by atoms with van der Waals surface area (Å²) in [5.74, 6) is 1.64. The Morgan fingerprint density at radius 1 is 1.43 bits per heavy atom. The number of rotatable bonds is 4. The van der Waals surface area contributed by atoms with Crippen molar-refractivity contribution in [2.24, 2.45) is 5.73 Å². The van der Waals surface area contributed by atoms with Gasteiger partial charge in [-0.05, 0) is 18.4 Å². The topological polar surface area (TPSA) is 51.8 Å². The van der Waals surface area contributed by atoms with Crippen molar-refractivity contribution in [2.75, 3.05) is 6.54 Å². The summed E-state index contributed by atoms with van der Waals surface area (Å²) < 4.78 is 0. The van der Waals surface area contributed by atoms with Gasteiger partial charge in [-0.1, -0.05) is 20.8 Å². The van der Waals surface area contributed by atoms with Gasteiger partial charge in [0.2, 0.25) is 0 Å². The number of nitrogens with two attached hydrogens (primary N) is 1. The minimum Gasteiger partial charge on any atom is -0.330 e. The highest BCUT2D eigenvalue weighted by Crippen LogP contribution is 2.16. The van der Waals surface area contributed by atoms with Gasteiger partial charge >= 0.3 is 0 Å². The van der Waals surface area contributed by atoms with E-state index < -0.39 is 0 Å². The molecule has 3 nitrogen and oxygen atoms in total. The quantitative estimate of drug-likeness (QED) is 0.796. The Hall–Kier alpha value is -0.960. The standard InChI is InChI=1S/C11H19N3/c1-4-9(7-12)11-13-6-5-10(14-11)8(2)3/h5-6,8-9H,4,7,12H2,1-3H3. The van der Waals surface area contributed by atoms with E-state index in [1.54, 1.807) is 0 Å². The highest BCUT2D eigenvalue weighted by atomic mass is 14.9. The van der Waals surface area contributed by atoms with E-state index in [-0.39, 0.29) is 0 Å². The second-order valence-electron chi connectivity index (χ2n) is 3.84. The van der Waals surface area contributed by atoms with Crippen molar-refractivity contribution >= 4 is 0 Å². The highest BCUT2D eigenvalue weighted by Gasteiger charge is 2.11. The first-order chi connectivity index (χ1) is 6.69. The number of nitrogens with zero attached hydrogens (tertiary/aromatic N) is 2. The van der Waals surface area contributed by atoms with Gasteiger partial charge in [-0.25, -0.2) is 9.97 Å². The molecule has 0 fully saturated rings. The molecule has 0 saturated heterocycles. The second kappa shape index (κ2) is 5.05. The SMILES string of the molecule is CCC(CN)c1nccc(C(C)C)n1. The molecule has 0 amide bonds. The Bertz CT molecular complexity index is 280. The summed E-state index contributed by atoms with van der Waals surface area (Å²) in [4.78, 5) is 8.80. The molecule has 1 unspecified atom stereocenters. The smallest absolute Gasteiger partial charge is 0.132 e.